The number of likely N-dealkylation sites (tertiary alicyclic amines) is 1. The van der Waals surface area contributed by atoms with Crippen molar-refractivity contribution in [3.8, 4) is 0 Å². The molecular weight excluding hydrogens is 240 g/mol. The predicted octanol–water partition coefficient (Wildman–Crippen LogP) is 2.84. The van der Waals surface area contributed by atoms with E-state index in [1.165, 1.54) is 51.9 Å². The lowest BCUT2D eigenvalue weighted by molar-refractivity contribution is 0.0480. The minimum atomic E-state index is 0.779. The average molecular weight is 270 g/mol. The fraction of sp³-hybridized carbons (Fsp3) is 1.00. The predicted molar refractivity (Wildman–Crippen MR) is 82.3 cm³/mol. The molecule has 2 nitrogen and oxygen atoms in total. The number of hydrogen-bond acceptors (Lipinski definition) is 3. The van der Waals surface area contributed by atoms with E-state index in [1.54, 1.807) is 0 Å². The van der Waals surface area contributed by atoms with Crippen LogP contribution in [0.15, 0.2) is 0 Å². The van der Waals surface area contributed by atoms with Gasteiger partial charge in [0.15, 0.2) is 0 Å². The van der Waals surface area contributed by atoms with Crippen LogP contribution in [0.2, 0.25) is 0 Å². The number of nitrogens with zero attached hydrogens (tertiary/aromatic N) is 1. The summed E-state index contributed by atoms with van der Waals surface area (Å²) in [5.74, 6) is 1.70. The topological polar surface area (TPSA) is 15.3 Å². The zero-order valence-corrected chi connectivity index (χ0v) is 13.1. The van der Waals surface area contributed by atoms with Crippen molar-refractivity contribution in [2.24, 2.45) is 11.8 Å². The smallest absolute Gasteiger partial charge is 0.0136 e. The molecule has 1 aliphatic carbocycles. The van der Waals surface area contributed by atoms with Gasteiger partial charge in [0.25, 0.3) is 0 Å². The van der Waals surface area contributed by atoms with E-state index in [4.69, 9.17) is 0 Å². The molecule has 0 aromatic carbocycles. The fourth-order valence-corrected chi connectivity index (χ4v) is 3.95. The largest absolute Gasteiger partial charge is 0.316 e. The van der Waals surface area contributed by atoms with Crippen LogP contribution in [0.25, 0.3) is 0 Å². The third kappa shape index (κ3) is 3.88. The molecule has 2 unspecified atom stereocenters. The molecule has 1 N–H and O–H groups in total. The van der Waals surface area contributed by atoms with Gasteiger partial charge in [0.05, 0.1) is 0 Å². The molecular formula is C15H30N2S. The molecule has 2 aliphatic rings. The van der Waals surface area contributed by atoms with Crippen molar-refractivity contribution in [3.05, 3.63) is 0 Å². The summed E-state index contributed by atoms with van der Waals surface area (Å²) in [6.45, 7) is 9.69. The maximum Gasteiger partial charge on any atom is 0.0136 e. The molecule has 2 rings (SSSR count). The van der Waals surface area contributed by atoms with Crippen LogP contribution in [-0.2, 0) is 0 Å². The van der Waals surface area contributed by atoms with Crippen molar-refractivity contribution in [2.45, 2.75) is 50.8 Å². The number of piperidine rings is 1. The highest BCUT2D eigenvalue weighted by Crippen LogP contribution is 2.34. The molecule has 1 saturated heterocycles. The van der Waals surface area contributed by atoms with Crippen LogP contribution < -0.4 is 5.32 Å². The van der Waals surface area contributed by atoms with E-state index in [0.29, 0.717) is 0 Å². The molecule has 0 amide bonds. The average Bonchev–Trinajstić information content (AvgIpc) is 2.34. The Labute approximate surface area is 117 Å². The number of rotatable bonds is 6. The number of hydrogen-bond donors (Lipinski definition) is 1. The molecule has 0 aromatic heterocycles. The standard InChI is InChI=1S/C15H30N2S/c1-12(2)10-16-11-13-4-5-15(13)17-8-6-14(18-3)7-9-17/h12-16H,4-11H2,1-3H3. The van der Waals surface area contributed by atoms with Crippen LogP contribution in [0.4, 0.5) is 0 Å². The molecule has 1 aliphatic heterocycles. The minimum Gasteiger partial charge on any atom is -0.316 e. The fourth-order valence-electron chi connectivity index (χ4n) is 3.27. The highest BCUT2D eigenvalue weighted by atomic mass is 32.2. The summed E-state index contributed by atoms with van der Waals surface area (Å²) < 4.78 is 0. The first kappa shape index (κ1) is 14.7. The van der Waals surface area contributed by atoms with Gasteiger partial charge >= 0.3 is 0 Å². The number of thioether (sulfide) groups is 1. The Balaban J connectivity index is 1.67. The van der Waals surface area contributed by atoms with Crippen LogP contribution in [-0.4, -0.2) is 48.6 Å². The maximum atomic E-state index is 3.65. The highest BCUT2D eigenvalue weighted by Gasteiger charge is 2.36. The van der Waals surface area contributed by atoms with Crippen LogP contribution in [0.1, 0.15) is 39.5 Å². The molecule has 2 atom stereocenters. The summed E-state index contributed by atoms with van der Waals surface area (Å²) in [7, 11) is 0. The lowest BCUT2D eigenvalue weighted by Crippen LogP contribution is -2.53. The van der Waals surface area contributed by atoms with E-state index < -0.39 is 0 Å². The molecule has 0 bridgehead atoms. The lowest BCUT2D eigenvalue weighted by Gasteiger charge is -2.47. The molecule has 18 heavy (non-hydrogen) atoms. The first-order valence-corrected chi connectivity index (χ1v) is 8.97. The van der Waals surface area contributed by atoms with E-state index in [1.807, 2.05) is 0 Å². The van der Waals surface area contributed by atoms with Gasteiger partial charge in [0, 0.05) is 11.3 Å². The second kappa shape index (κ2) is 7.16. The van der Waals surface area contributed by atoms with E-state index in [2.05, 4.69) is 42.1 Å². The third-order valence-corrected chi connectivity index (χ3v) is 5.75. The van der Waals surface area contributed by atoms with Gasteiger partial charge in [0.2, 0.25) is 0 Å². The van der Waals surface area contributed by atoms with Crippen LogP contribution in [0, 0.1) is 11.8 Å². The molecule has 1 heterocycles. The van der Waals surface area contributed by atoms with Crippen molar-refractivity contribution in [3.63, 3.8) is 0 Å². The van der Waals surface area contributed by atoms with Gasteiger partial charge in [-0.1, -0.05) is 13.8 Å². The van der Waals surface area contributed by atoms with Crippen LogP contribution in [0.5, 0.6) is 0 Å². The first-order valence-electron chi connectivity index (χ1n) is 7.68. The van der Waals surface area contributed by atoms with Gasteiger partial charge in [-0.25, -0.2) is 0 Å². The maximum absolute atomic E-state index is 3.65. The van der Waals surface area contributed by atoms with E-state index in [0.717, 1.165) is 23.1 Å². The summed E-state index contributed by atoms with van der Waals surface area (Å²) >= 11 is 2.06. The Morgan fingerprint density at radius 1 is 1.17 bits per heavy atom. The monoisotopic (exact) mass is 270 g/mol. The lowest BCUT2D eigenvalue weighted by atomic mass is 9.77. The van der Waals surface area contributed by atoms with Gasteiger partial charge in [-0.05, 0) is 70.0 Å². The molecule has 0 radical (unpaired) electrons. The zero-order chi connectivity index (χ0) is 13.0. The van der Waals surface area contributed by atoms with E-state index in [-0.39, 0.29) is 0 Å². The Kier molecular flexibility index (Phi) is 5.84. The Bertz CT molecular complexity index is 237. The minimum absolute atomic E-state index is 0.779. The van der Waals surface area contributed by atoms with Crippen molar-refractivity contribution in [1.29, 1.82) is 0 Å². The summed E-state index contributed by atoms with van der Waals surface area (Å²) in [5, 5.41) is 4.57. The summed E-state index contributed by atoms with van der Waals surface area (Å²) in [6.07, 6.45) is 7.96. The molecule has 106 valence electrons. The van der Waals surface area contributed by atoms with Gasteiger partial charge in [-0.3, -0.25) is 4.90 Å². The molecule has 2 fully saturated rings. The molecule has 1 saturated carbocycles. The summed E-state index contributed by atoms with van der Waals surface area (Å²) in [4.78, 5) is 2.78. The Hall–Kier alpha value is 0.270. The zero-order valence-electron chi connectivity index (χ0n) is 12.3. The SMILES string of the molecule is CSC1CCN(C2CCC2CNCC(C)C)CC1. The normalized spacial score (nSPS) is 30.7. The first-order chi connectivity index (χ1) is 8.70. The molecule has 0 aromatic rings. The second-order valence-corrected chi connectivity index (χ2v) is 7.57. The quantitative estimate of drug-likeness (QED) is 0.799. The third-order valence-electron chi connectivity index (χ3n) is 4.62. The van der Waals surface area contributed by atoms with Gasteiger partial charge in [-0.2, -0.15) is 11.8 Å². The van der Waals surface area contributed by atoms with Crippen LogP contribution >= 0.6 is 11.8 Å². The second-order valence-electron chi connectivity index (χ2n) is 6.43. The van der Waals surface area contributed by atoms with Gasteiger partial charge in [0.1, 0.15) is 0 Å². The highest BCUT2D eigenvalue weighted by molar-refractivity contribution is 7.99. The van der Waals surface area contributed by atoms with E-state index >= 15 is 0 Å². The van der Waals surface area contributed by atoms with Crippen molar-refractivity contribution < 1.29 is 0 Å². The van der Waals surface area contributed by atoms with Crippen LogP contribution in [0.3, 0.4) is 0 Å². The molecule has 0 spiro atoms. The molecule has 3 heteroatoms. The Morgan fingerprint density at radius 3 is 2.39 bits per heavy atom. The number of nitrogens with one attached hydrogen (secondary N) is 1. The summed E-state index contributed by atoms with van der Waals surface area (Å²) in [5.41, 5.74) is 0. The van der Waals surface area contributed by atoms with Gasteiger partial charge < -0.3 is 5.32 Å². The van der Waals surface area contributed by atoms with Crippen molar-refractivity contribution >= 4 is 11.8 Å². The Morgan fingerprint density at radius 2 is 1.89 bits per heavy atom. The van der Waals surface area contributed by atoms with E-state index in [9.17, 15) is 0 Å². The van der Waals surface area contributed by atoms with Crippen molar-refractivity contribution in [1.82, 2.24) is 10.2 Å². The van der Waals surface area contributed by atoms with Crippen molar-refractivity contribution in [2.75, 3.05) is 32.4 Å². The summed E-state index contributed by atoms with van der Waals surface area (Å²) in [6, 6.07) is 0.896. The van der Waals surface area contributed by atoms with Gasteiger partial charge in [-0.15, -0.1) is 0 Å².